The Morgan fingerprint density at radius 2 is 1.05 bits per heavy atom. The summed E-state index contributed by atoms with van der Waals surface area (Å²) < 4.78 is 0. The number of rotatable bonds is 4. The summed E-state index contributed by atoms with van der Waals surface area (Å²) in [5.74, 6) is -0.0464. The lowest BCUT2D eigenvalue weighted by molar-refractivity contribution is -0.110. The van der Waals surface area contributed by atoms with Crippen LogP contribution in [0, 0.1) is 0 Å². The van der Waals surface area contributed by atoms with Gasteiger partial charge in [0.1, 0.15) is 0 Å². The maximum absolute atomic E-state index is 11.7. The van der Waals surface area contributed by atoms with Gasteiger partial charge in [-0.3, -0.25) is 4.79 Å². The van der Waals surface area contributed by atoms with E-state index in [9.17, 15) is 4.79 Å². The molecule has 0 spiro atoms. The lowest BCUT2D eigenvalue weighted by Gasteiger charge is -1.94. The molecule has 0 saturated carbocycles. The molecule has 0 heterocycles. The van der Waals surface area contributed by atoms with Crippen molar-refractivity contribution in [2.45, 2.75) is 9.79 Å². The predicted octanol–water partition coefficient (Wildman–Crippen LogP) is 4.56. The molecule has 0 N–H and O–H groups in total. The largest absolute Gasteiger partial charge is 0.290 e. The second kappa shape index (κ2) is 7.17. The monoisotopic (exact) mass is 298 g/mol. The first-order valence-corrected chi connectivity index (χ1v) is 7.01. The second-order valence-corrected chi connectivity index (χ2v) is 5.28. The lowest BCUT2D eigenvalue weighted by Crippen LogP contribution is -1.84. The number of allylic oxidation sites excluding steroid dienone is 2. The van der Waals surface area contributed by atoms with Crippen molar-refractivity contribution in [3.05, 3.63) is 71.8 Å². The van der Waals surface area contributed by atoms with Crippen LogP contribution in [0.3, 0.4) is 0 Å². The maximum atomic E-state index is 11.7. The number of hydrogen-bond donors (Lipinski definition) is 2. The number of carbonyl (C=O) groups is 1. The van der Waals surface area contributed by atoms with Crippen molar-refractivity contribution in [3.8, 4) is 0 Å². The van der Waals surface area contributed by atoms with Crippen LogP contribution < -0.4 is 0 Å². The molecule has 0 amide bonds. The van der Waals surface area contributed by atoms with Gasteiger partial charge in [-0.15, -0.1) is 25.3 Å². The van der Waals surface area contributed by atoms with Crippen LogP contribution in [0.2, 0.25) is 0 Å². The van der Waals surface area contributed by atoms with Crippen molar-refractivity contribution in [1.29, 1.82) is 0 Å². The molecule has 0 aliphatic carbocycles. The number of hydrogen-bond acceptors (Lipinski definition) is 3. The third kappa shape index (κ3) is 4.76. The summed E-state index contributed by atoms with van der Waals surface area (Å²) in [5.41, 5.74) is 1.95. The van der Waals surface area contributed by atoms with Crippen LogP contribution in [0.25, 0.3) is 12.2 Å². The van der Waals surface area contributed by atoms with E-state index in [-0.39, 0.29) is 5.78 Å². The zero-order valence-corrected chi connectivity index (χ0v) is 12.5. The summed E-state index contributed by atoms with van der Waals surface area (Å²) in [6.07, 6.45) is 6.68. The summed E-state index contributed by atoms with van der Waals surface area (Å²) in [7, 11) is 0. The van der Waals surface area contributed by atoms with Crippen molar-refractivity contribution in [2.75, 3.05) is 0 Å². The summed E-state index contributed by atoms with van der Waals surface area (Å²) in [6, 6.07) is 15.2. The molecule has 3 heteroatoms. The second-order valence-electron chi connectivity index (χ2n) is 4.25. The Balaban J connectivity index is 1.98. The Hall–Kier alpha value is -1.71. The highest BCUT2D eigenvalue weighted by molar-refractivity contribution is 7.80. The van der Waals surface area contributed by atoms with Gasteiger partial charge in [0.05, 0.1) is 0 Å². The zero-order valence-electron chi connectivity index (χ0n) is 10.7. The van der Waals surface area contributed by atoms with Gasteiger partial charge in [0, 0.05) is 9.79 Å². The average molecular weight is 298 g/mol. The van der Waals surface area contributed by atoms with Gasteiger partial charge in [-0.1, -0.05) is 36.4 Å². The van der Waals surface area contributed by atoms with Crippen LogP contribution in [0.15, 0.2) is 70.5 Å². The number of thiol groups is 2. The van der Waals surface area contributed by atoms with Crippen molar-refractivity contribution in [1.82, 2.24) is 0 Å². The molecule has 1 nitrogen and oxygen atoms in total. The molecule has 100 valence electrons. The van der Waals surface area contributed by atoms with E-state index in [4.69, 9.17) is 0 Å². The molecule has 0 radical (unpaired) electrons. The van der Waals surface area contributed by atoms with Crippen molar-refractivity contribution < 1.29 is 4.79 Å². The molecule has 0 unspecified atom stereocenters. The lowest BCUT2D eigenvalue weighted by atomic mass is 10.1. The Kier molecular flexibility index (Phi) is 5.27. The van der Waals surface area contributed by atoms with E-state index < -0.39 is 0 Å². The Morgan fingerprint density at radius 1 is 0.700 bits per heavy atom. The fourth-order valence-corrected chi connectivity index (χ4v) is 1.88. The maximum Gasteiger partial charge on any atom is 0.178 e. The molecule has 0 saturated heterocycles. The van der Waals surface area contributed by atoms with Crippen molar-refractivity contribution >= 4 is 43.2 Å². The van der Waals surface area contributed by atoms with E-state index in [1.807, 2.05) is 48.5 Å². The first-order chi connectivity index (χ1) is 9.63. The smallest absolute Gasteiger partial charge is 0.178 e. The van der Waals surface area contributed by atoms with Crippen molar-refractivity contribution in [2.24, 2.45) is 0 Å². The van der Waals surface area contributed by atoms with Gasteiger partial charge in [-0.25, -0.2) is 0 Å². The summed E-state index contributed by atoms with van der Waals surface area (Å²) in [4.78, 5) is 13.5. The minimum absolute atomic E-state index is 0.0464. The average Bonchev–Trinajstić information content (AvgIpc) is 2.46. The SMILES string of the molecule is O=C(C=Cc1ccc(S)cc1)C=Cc1ccc(S)cc1. The molecule has 0 aliphatic heterocycles. The van der Waals surface area contributed by atoms with Gasteiger partial charge >= 0.3 is 0 Å². The highest BCUT2D eigenvalue weighted by Crippen LogP contribution is 2.10. The van der Waals surface area contributed by atoms with Crippen molar-refractivity contribution in [3.63, 3.8) is 0 Å². The summed E-state index contributed by atoms with van der Waals surface area (Å²) >= 11 is 8.43. The molecular weight excluding hydrogens is 284 g/mol. The topological polar surface area (TPSA) is 17.1 Å². The van der Waals surface area contributed by atoms with Crippen LogP contribution in [-0.2, 0) is 4.79 Å². The van der Waals surface area contributed by atoms with Crippen LogP contribution in [0.4, 0.5) is 0 Å². The fourth-order valence-electron chi connectivity index (χ4n) is 1.58. The Labute approximate surface area is 129 Å². The normalized spacial score (nSPS) is 11.3. The molecule has 0 fully saturated rings. The summed E-state index contributed by atoms with van der Waals surface area (Å²) in [5, 5.41) is 0. The Morgan fingerprint density at radius 3 is 1.40 bits per heavy atom. The third-order valence-electron chi connectivity index (χ3n) is 2.67. The quantitative estimate of drug-likeness (QED) is 0.625. The molecule has 20 heavy (non-hydrogen) atoms. The highest BCUT2D eigenvalue weighted by atomic mass is 32.1. The van der Waals surface area contributed by atoms with Gasteiger partial charge < -0.3 is 0 Å². The molecule has 2 aromatic carbocycles. The standard InChI is InChI=1S/C17H14OS2/c18-15(7-1-13-3-9-16(19)10-4-13)8-2-14-5-11-17(20)12-6-14/h1-12,19-20H. The van der Waals surface area contributed by atoms with Gasteiger partial charge in [-0.2, -0.15) is 0 Å². The molecular formula is C17H14OS2. The third-order valence-corrected chi connectivity index (χ3v) is 3.26. The number of benzene rings is 2. The van der Waals surface area contributed by atoms with Crippen LogP contribution in [0.5, 0.6) is 0 Å². The van der Waals surface area contributed by atoms with E-state index in [2.05, 4.69) is 25.3 Å². The molecule has 2 aromatic rings. The predicted molar refractivity (Wildman–Crippen MR) is 90.5 cm³/mol. The summed E-state index contributed by atoms with van der Waals surface area (Å²) in [6.45, 7) is 0. The van der Waals surface area contributed by atoms with E-state index in [1.165, 1.54) is 0 Å². The molecule has 0 bridgehead atoms. The van der Waals surface area contributed by atoms with Gasteiger partial charge in [0.15, 0.2) is 5.78 Å². The minimum Gasteiger partial charge on any atom is -0.290 e. The highest BCUT2D eigenvalue weighted by Gasteiger charge is 1.92. The van der Waals surface area contributed by atoms with E-state index in [0.717, 1.165) is 20.9 Å². The van der Waals surface area contributed by atoms with Gasteiger partial charge in [0.25, 0.3) is 0 Å². The van der Waals surface area contributed by atoms with E-state index in [1.54, 1.807) is 24.3 Å². The molecule has 0 atom stereocenters. The Bertz CT molecular complexity index is 580. The van der Waals surface area contributed by atoms with Crippen LogP contribution >= 0.6 is 25.3 Å². The number of ketones is 1. The van der Waals surface area contributed by atoms with Gasteiger partial charge in [0.2, 0.25) is 0 Å². The minimum atomic E-state index is -0.0464. The number of carbonyl (C=O) groups excluding carboxylic acids is 1. The van der Waals surface area contributed by atoms with Crippen LogP contribution in [0.1, 0.15) is 11.1 Å². The molecule has 0 aliphatic rings. The first-order valence-electron chi connectivity index (χ1n) is 6.12. The fraction of sp³-hybridized carbons (Fsp3) is 0. The van der Waals surface area contributed by atoms with E-state index >= 15 is 0 Å². The molecule has 0 aromatic heterocycles. The zero-order chi connectivity index (χ0) is 14.4. The van der Waals surface area contributed by atoms with Gasteiger partial charge in [-0.05, 0) is 47.5 Å². The molecule has 2 rings (SSSR count). The first kappa shape index (κ1) is 14.7. The van der Waals surface area contributed by atoms with Crippen LogP contribution in [-0.4, -0.2) is 5.78 Å². The van der Waals surface area contributed by atoms with E-state index in [0.29, 0.717) is 0 Å².